The standard InChI is InChI=1S/C20H16ClN5O3/c1-26(20(27)16-4-2-3-10-22-16)12-29-19-17-15(9-11-28-17)18(24-25-19)23-14-7-5-13(21)6-8-14/h2-11H,12H2,1H3,(H,23,24). The number of halogens is 1. The number of rotatable bonds is 6. The molecule has 0 saturated heterocycles. The van der Waals surface area contributed by atoms with Gasteiger partial charge in [0.05, 0.1) is 11.6 Å². The van der Waals surface area contributed by atoms with Crippen molar-refractivity contribution in [3.05, 3.63) is 71.7 Å². The van der Waals surface area contributed by atoms with Crippen LogP contribution in [0.1, 0.15) is 10.5 Å². The zero-order valence-corrected chi connectivity index (χ0v) is 16.1. The van der Waals surface area contributed by atoms with E-state index in [-0.39, 0.29) is 18.5 Å². The van der Waals surface area contributed by atoms with Crippen LogP contribution in [0.5, 0.6) is 5.88 Å². The molecule has 3 heterocycles. The number of pyridine rings is 1. The van der Waals surface area contributed by atoms with Crippen LogP contribution in [0.2, 0.25) is 5.02 Å². The van der Waals surface area contributed by atoms with Crippen molar-refractivity contribution in [2.24, 2.45) is 0 Å². The fourth-order valence-corrected chi connectivity index (χ4v) is 2.74. The molecule has 0 aliphatic rings. The van der Waals surface area contributed by atoms with Crippen molar-refractivity contribution in [2.45, 2.75) is 0 Å². The molecule has 4 aromatic rings. The summed E-state index contributed by atoms with van der Waals surface area (Å²) in [5, 5.41) is 12.8. The number of fused-ring (bicyclic) bond motifs is 1. The molecule has 0 aliphatic carbocycles. The van der Waals surface area contributed by atoms with Gasteiger partial charge in [-0.3, -0.25) is 9.78 Å². The van der Waals surface area contributed by atoms with Gasteiger partial charge in [0, 0.05) is 24.0 Å². The fourth-order valence-electron chi connectivity index (χ4n) is 2.61. The van der Waals surface area contributed by atoms with Gasteiger partial charge in [0.2, 0.25) is 5.58 Å². The molecule has 0 bridgehead atoms. The Morgan fingerprint density at radius 1 is 1.17 bits per heavy atom. The lowest BCUT2D eigenvalue weighted by molar-refractivity contribution is 0.0653. The number of carbonyl (C=O) groups excluding carboxylic acids is 1. The normalized spacial score (nSPS) is 10.7. The maximum atomic E-state index is 12.4. The van der Waals surface area contributed by atoms with Crippen LogP contribution in [0.15, 0.2) is 65.4 Å². The molecule has 0 saturated carbocycles. The van der Waals surface area contributed by atoms with Crippen molar-refractivity contribution in [2.75, 3.05) is 19.1 Å². The number of anilines is 2. The smallest absolute Gasteiger partial charge is 0.279 e. The van der Waals surface area contributed by atoms with Crippen LogP contribution in [-0.4, -0.2) is 39.8 Å². The van der Waals surface area contributed by atoms with Crippen LogP contribution in [-0.2, 0) is 0 Å². The number of furan rings is 1. The third-order valence-corrected chi connectivity index (χ3v) is 4.34. The summed E-state index contributed by atoms with van der Waals surface area (Å²) in [6.45, 7) is -0.0378. The zero-order chi connectivity index (χ0) is 20.2. The van der Waals surface area contributed by atoms with E-state index in [1.165, 1.54) is 11.2 Å². The Labute approximate surface area is 171 Å². The number of carbonyl (C=O) groups is 1. The maximum Gasteiger partial charge on any atom is 0.279 e. The SMILES string of the molecule is CN(COc1nnc(Nc2ccc(Cl)cc2)c2ccoc12)C(=O)c1ccccn1. The van der Waals surface area contributed by atoms with E-state index in [4.69, 9.17) is 20.8 Å². The summed E-state index contributed by atoms with van der Waals surface area (Å²) in [4.78, 5) is 17.8. The number of amides is 1. The molecular formula is C20H16ClN5O3. The van der Waals surface area contributed by atoms with Crippen LogP contribution < -0.4 is 10.1 Å². The third-order valence-electron chi connectivity index (χ3n) is 4.09. The quantitative estimate of drug-likeness (QED) is 0.478. The lowest BCUT2D eigenvalue weighted by Crippen LogP contribution is -2.31. The lowest BCUT2D eigenvalue weighted by Gasteiger charge is -2.17. The molecular weight excluding hydrogens is 394 g/mol. The second-order valence-corrected chi connectivity index (χ2v) is 6.58. The van der Waals surface area contributed by atoms with E-state index in [1.807, 2.05) is 12.1 Å². The molecule has 1 aromatic carbocycles. The highest BCUT2D eigenvalue weighted by molar-refractivity contribution is 6.30. The topological polar surface area (TPSA) is 93.4 Å². The van der Waals surface area contributed by atoms with E-state index in [9.17, 15) is 4.79 Å². The Morgan fingerprint density at radius 3 is 2.76 bits per heavy atom. The van der Waals surface area contributed by atoms with Crippen molar-refractivity contribution in [1.29, 1.82) is 0 Å². The number of benzene rings is 1. The van der Waals surface area contributed by atoms with Crippen molar-refractivity contribution in [3.63, 3.8) is 0 Å². The minimum absolute atomic E-state index is 0.0378. The molecule has 4 rings (SSSR count). The van der Waals surface area contributed by atoms with E-state index in [0.29, 0.717) is 27.5 Å². The average Bonchev–Trinajstić information content (AvgIpc) is 3.25. The summed E-state index contributed by atoms with van der Waals surface area (Å²) in [7, 11) is 1.61. The lowest BCUT2D eigenvalue weighted by atomic mass is 10.3. The molecule has 29 heavy (non-hydrogen) atoms. The van der Waals surface area contributed by atoms with Gasteiger partial charge in [-0.1, -0.05) is 17.7 Å². The summed E-state index contributed by atoms with van der Waals surface area (Å²) in [5.74, 6) is 0.434. The number of hydrogen-bond acceptors (Lipinski definition) is 7. The second-order valence-electron chi connectivity index (χ2n) is 6.14. The summed E-state index contributed by atoms with van der Waals surface area (Å²) in [5.41, 5.74) is 1.56. The first-order chi connectivity index (χ1) is 14.1. The van der Waals surface area contributed by atoms with Gasteiger partial charge in [0.25, 0.3) is 11.8 Å². The Bertz CT molecular complexity index is 1130. The largest absolute Gasteiger partial charge is 0.458 e. The van der Waals surface area contributed by atoms with Crippen LogP contribution in [0.25, 0.3) is 11.0 Å². The number of nitrogens with one attached hydrogen (secondary N) is 1. The van der Waals surface area contributed by atoms with Crippen molar-refractivity contribution in [3.8, 4) is 5.88 Å². The van der Waals surface area contributed by atoms with Crippen molar-refractivity contribution >= 4 is 40.0 Å². The molecule has 0 radical (unpaired) electrons. The van der Waals surface area contributed by atoms with Crippen molar-refractivity contribution < 1.29 is 13.9 Å². The molecule has 0 aliphatic heterocycles. The molecule has 9 heteroatoms. The summed E-state index contributed by atoms with van der Waals surface area (Å²) in [6.07, 6.45) is 3.09. The molecule has 146 valence electrons. The molecule has 0 unspecified atom stereocenters. The predicted molar refractivity (Wildman–Crippen MR) is 108 cm³/mol. The Kier molecular flexibility index (Phi) is 5.26. The van der Waals surface area contributed by atoms with E-state index in [1.54, 1.807) is 49.6 Å². The van der Waals surface area contributed by atoms with Gasteiger partial charge in [0.15, 0.2) is 12.5 Å². The highest BCUT2D eigenvalue weighted by atomic mass is 35.5. The van der Waals surface area contributed by atoms with Gasteiger partial charge in [0.1, 0.15) is 5.69 Å². The predicted octanol–water partition coefficient (Wildman–Crippen LogP) is 4.12. The maximum absolute atomic E-state index is 12.4. The van der Waals surface area contributed by atoms with Gasteiger partial charge < -0.3 is 19.4 Å². The first kappa shape index (κ1) is 18.7. The minimum Gasteiger partial charge on any atom is -0.458 e. The summed E-state index contributed by atoms with van der Waals surface area (Å²) >= 11 is 5.92. The summed E-state index contributed by atoms with van der Waals surface area (Å²) in [6, 6.07) is 14.1. The second kappa shape index (κ2) is 8.15. The Balaban J connectivity index is 1.49. The number of nitrogens with zero attached hydrogens (tertiary/aromatic N) is 4. The molecule has 8 nitrogen and oxygen atoms in total. The van der Waals surface area contributed by atoms with Crippen LogP contribution >= 0.6 is 11.6 Å². The molecule has 0 spiro atoms. The molecule has 1 N–H and O–H groups in total. The van der Waals surface area contributed by atoms with E-state index in [2.05, 4.69) is 20.5 Å². The van der Waals surface area contributed by atoms with Crippen LogP contribution in [0.3, 0.4) is 0 Å². The Morgan fingerprint density at radius 2 is 2.00 bits per heavy atom. The number of hydrogen-bond donors (Lipinski definition) is 1. The number of ether oxygens (including phenoxy) is 1. The van der Waals surface area contributed by atoms with Crippen LogP contribution in [0, 0.1) is 0 Å². The van der Waals surface area contributed by atoms with Gasteiger partial charge in [-0.05, 0) is 42.5 Å². The van der Waals surface area contributed by atoms with Gasteiger partial charge in [-0.2, -0.15) is 0 Å². The Hall–Kier alpha value is -3.65. The minimum atomic E-state index is -0.268. The first-order valence-corrected chi connectivity index (χ1v) is 9.05. The summed E-state index contributed by atoms with van der Waals surface area (Å²) < 4.78 is 11.2. The van der Waals surface area contributed by atoms with E-state index >= 15 is 0 Å². The molecule has 0 fully saturated rings. The molecule has 3 aromatic heterocycles. The molecule has 0 atom stereocenters. The first-order valence-electron chi connectivity index (χ1n) is 8.67. The van der Waals surface area contributed by atoms with Gasteiger partial charge in [-0.15, -0.1) is 10.2 Å². The average molecular weight is 410 g/mol. The number of aromatic nitrogens is 3. The van der Waals surface area contributed by atoms with Crippen LogP contribution in [0.4, 0.5) is 11.5 Å². The van der Waals surface area contributed by atoms with Gasteiger partial charge >= 0.3 is 0 Å². The highest BCUT2D eigenvalue weighted by Crippen LogP contribution is 2.30. The van der Waals surface area contributed by atoms with Gasteiger partial charge in [-0.25, -0.2) is 0 Å². The third kappa shape index (κ3) is 4.12. The fraction of sp³-hybridized carbons (Fsp3) is 0.100. The molecule has 1 amide bonds. The highest BCUT2D eigenvalue weighted by Gasteiger charge is 2.17. The monoisotopic (exact) mass is 409 g/mol. The van der Waals surface area contributed by atoms with E-state index in [0.717, 1.165) is 5.69 Å². The zero-order valence-electron chi connectivity index (χ0n) is 15.4. The van der Waals surface area contributed by atoms with Crippen molar-refractivity contribution in [1.82, 2.24) is 20.1 Å². The van der Waals surface area contributed by atoms with E-state index < -0.39 is 0 Å².